The number of aryl methyl sites for hydroxylation is 1. The van der Waals surface area contributed by atoms with Crippen LogP contribution in [0.1, 0.15) is 54.5 Å². The molecule has 8 aromatic rings. The molecule has 3 aliphatic rings. The zero-order valence-electron chi connectivity index (χ0n) is 29.9. The van der Waals surface area contributed by atoms with Crippen LogP contribution < -0.4 is 0 Å². The van der Waals surface area contributed by atoms with Crippen LogP contribution in [-0.4, -0.2) is 15.3 Å². The van der Waals surface area contributed by atoms with E-state index in [1.807, 2.05) is 12.3 Å². The van der Waals surface area contributed by atoms with Crippen LogP contribution in [0.2, 0.25) is 0 Å². The third-order valence-electron chi connectivity index (χ3n) is 11.9. The minimum Gasteiger partial charge on any atom is -0.309 e. The summed E-state index contributed by atoms with van der Waals surface area (Å²) in [6.07, 6.45) is 9.56. The van der Waals surface area contributed by atoms with Crippen molar-refractivity contribution in [1.82, 2.24) is 9.55 Å². The quantitative estimate of drug-likeness (QED) is 0.183. The Labute approximate surface area is 309 Å². The molecule has 6 aromatic carbocycles. The maximum atomic E-state index is 5.60. The molecule has 3 heterocycles. The lowest BCUT2D eigenvalue weighted by atomic mass is 9.82. The van der Waals surface area contributed by atoms with Crippen LogP contribution in [0.5, 0.6) is 0 Å². The third-order valence-corrected chi connectivity index (χ3v) is 11.9. The molecule has 53 heavy (non-hydrogen) atoms. The standard InChI is InChI=1S/C50H37N3/c1-50(2)43-18-7-5-16-41(43)48-40(24-25-44(52-49(48)50)35-21-20-31-14-10-26-51-45(31)29-35)38-17-9-13-34-27-36(22-23-37(34)38)53-46-19-8-6-15-39(46)42-28-32-11-3-4-12-33(32)30-47(42)53/h3-8,10-12,14-24,26-30H,9,13,25H2,1-2H3. The van der Waals surface area contributed by atoms with Crippen molar-refractivity contribution in [1.29, 1.82) is 0 Å². The van der Waals surface area contributed by atoms with E-state index >= 15 is 0 Å². The van der Waals surface area contributed by atoms with Crippen molar-refractivity contribution in [2.24, 2.45) is 4.99 Å². The largest absolute Gasteiger partial charge is 0.309 e. The molecule has 0 atom stereocenters. The number of fused-ring (bicyclic) bond motifs is 8. The van der Waals surface area contributed by atoms with Crippen LogP contribution in [0.25, 0.3) is 60.3 Å². The van der Waals surface area contributed by atoms with Crippen LogP contribution in [-0.2, 0) is 11.8 Å². The average Bonchev–Trinajstić information content (AvgIpc) is 3.52. The topological polar surface area (TPSA) is 30.2 Å². The summed E-state index contributed by atoms with van der Waals surface area (Å²) in [7, 11) is 0. The van der Waals surface area contributed by atoms with Gasteiger partial charge in [-0.1, -0.05) is 117 Å². The van der Waals surface area contributed by atoms with Gasteiger partial charge >= 0.3 is 0 Å². The van der Waals surface area contributed by atoms with Gasteiger partial charge in [0.25, 0.3) is 0 Å². The number of hydrogen-bond donors (Lipinski definition) is 0. The number of benzene rings is 6. The Bertz CT molecular complexity index is 3000. The molecular weight excluding hydrogens is 643 g/mol. The van der Waals surface area contributed by atoms with Gasteiger partial charge in [0.05, 0.1) is 28.0 Å². The van der Waals surface area contributed by atoms with Crippen LogP contribution in [0.4, 0.5) is 0 Å². The van der Waals surface area contributed by atoms with Gasteiger partial charge in [-0.05, 0) is 105 Å². The van der Waals surface area contributed by atoms with Gasteiger partial charge in [-0.15, -0.1) is 0 Å². The van der Waals surface area contributed by atoms with Crippen molar-refractivity contribution in [3.8, 4) is 5.69 Å². The van der Waals surface area contributed by atoms with Crippen molar-refractivity contribution in [3.63, 3.8) is 0 Å². The van der Waals surface area contributed by atoms with Crippen molar-refractivity contribution in [2.75, 3.05) is 0 Å². The maximum Gasteiger partial charge on any atom is 0.0708 e. The van der Waals surface area contributed by atoms with Gasteiger partial charge in [-0.3, -0.25) is 9.98 Å². The lowest BCUT2D eigenvalue weighted by Gasteiger charge is -2.23. The summed E-state index contributed by atoms with van der Waals surface area (Å²) < 4.78 is 2.47. The Hall–Kier alpha value is -6.32. The molecule has 0 fully saturated rings. The zero-order chi connectivity index (χ0) is 35.3. The molecule has 0 radical (unpaired) electrons. The highest BCUT2D eigenvalue weighted by molar-refractivity contribution is 6.14. The van der Waals surface area contributed by atoms with Crippen molar-refractivity contribution in [3.05, 3.63) is 191 Å². The highest BCUT2D eigenvalue weighted by atomic mass is 15.0. The monoisotopic (exact) mass is 679 g/mol. The number of nitrogens with zero attached hydrogens (tertiary/aromatic N) is 3. The molecule has 0 bridgehead atoms. The molecule has 0 unspecified atom stereocenters. The summed E-state index contributed by atoms with van der Waals surface area (Å²) in [4.78, 5) is 10.3. The zero-order valence-corrected chi connectivity index (χ0v) is 29.9. The van der Waals surface area contributed by atoms with Gasteiger partial charge in [0, 0.05) is 45.5 Å². The van der Waals surface area contributed by atoms with Crippen LogP contribution >= 0.6 is 0 Å². The molecule has 0 spiro atoms. The molecule has 0 amide bonds. The molecule has 3 nitrogen and oxygen atoms in total. The first-order chi connectivity index (χ1) is 26.0. The first-order valence-corrected chi connectivity index (χ1v) is 18.8. The molecule has 0 saturated carbocycles. The predicted octanol–water partition coefficient (Wildman–Crippen LogP) is 12.3. The molecular formula is C50H37N3. The van der Waals surface area contributed by atoms with Crippen molar-refractivity contribution >= 4 is 60.3 Å². The molecule has 0 N–H and O–H groups in total. The van der Waals surface area contributed by atoms with Gasteiger partial charge in [-0.2, -0.15) is 0 Å². The Balaban J connectivity index is 1.07. The Morgan fingerprint density at radius 2 is 1.43 bits per heavy atom. The number of allylic oxidation sites excluding steroid dienone is 6. The Morgan fingerprint density at radius 3 is 2.36 bits per heavy atom. The van der Waals surface area contributed by atoms with E-state index in [0.717, 1.165) is 47.1 Å². The summed E-state index contributed by atoms with van der Waals surface area (Å²) in [5.41, 5.74) is 17.1. The second-order valence-electron chi connectivity index (χ2n) is 15.3. The summed E-state index contributed by atoms with van der Waals surface area (Å²) in [6.45, 7) is 4.68. The maximum absolute atomic E-state index is 5.60. The fraction of sp³-hybridized carbons (Fsp3) is 0.120. The number of aliphatic imine (C=N–C) groups is 1. The van der Waals surface area contributed by atoms with Crippen LogP contribution in [0.3, 0.4) is 0 Å². The fourth-order valence-corrected chi connectivity index (χ4v) is 9.30. The molecule has 1 aliphatic heterocycles. The lowest BCUT2D eigenvalue weighted by molar-refractivity contribution is 0.632. The van der Waals surface area contributed by atoms with Gasteiger partial charge in [-0.25, -0.2) is 0 Å². The number of rotatable bonds is 3. The van der Waals surface area contributed by atoms with E-state index in [-0.39, 0.29) is 5.41 Å². The third kappa shape index (κ3) is 4.53. The SMILES string of the molecule is CC1(C)C2=C(C(C3=CCCc4cc(-n5c6ccccc6c6cc7ccccc7cc65)ccc43)=CCC(c3ccc4cccnc4c3)=N2)c2ccccc21. The molecule has 3 heteroatoms. The van der Waals surface area contributed by atoms with E-state index in [4.69, 9.17) is 4.99 Å². The summed E-state index contributed by atoms with van der Waals surface area (Å²) in [5, 5.41) is 6.26. The first kappa shape index (κ1) is 30.3. The normalized spacial score (nSPS) is 16.3. The molecule has 252 valence electrons. The van der Waals surface area contributed by atoms with Crippen molar-refractivity contribution in [2.45, 2.75) is 38.5 Å². The van der Waals surface area contributed by atoms with Gasteiger partial charge < -0.3 is 4.57 Å². The highest BCUT2D eigenvalue weighted by Gasteiger charge is 2.41. The second kappa shape index (κ2) is 11.3. The number of aromatic nitrogens is 2. The number of para-hydroxylation sites is 1. The number of hydrogen-bond acceptors (Lipinski definition) is 2. The molecule has 0 saturated heterocycles. The van der Waals surface area contributed by atoms with Crippen molar-refractivity contribution < 1.29 is 0 Å². The predicted molar refractivity (Wildman–Crippen MR) is 222 cm³/mol. The van der Waals surface area contributed by atoms with E-state index in [0.29, 0.717) is 0 Å². The van der Waals surface area contributed by atoms with Gasteiger partial charge in [0.15, 0.2) is 0 Å². The van der Waals surface area contributed by atoms with Crippen LogP contribution in [0, 0.1) is 0 Å². The minimum absolute atomic E-state index is 0.238. The average molecular weight is 680 g/mol. The van der Waals surface area contributed by atoms with E-state index < -0.39 is 0 Å². The van der Waals surface area contributed by atoms with E-state index in [1.165, 1.54) is 77.2 Å². The van der Waals surface area contributed by atoms with Crippen LogP contribution in [0.15, 0.2) is 168 Å². The molecule has 11 rings (SSSR count). The highest BCUT2D eigenvalue weighted by Crippen LogP contribution is 2.53. The number of pyridine rings is 1. The Kier molecular flexibility index (Phi) is 6.49. The summed E-state index contributed by atoms with van der Waals surface area (Å²) in [6, 6.07) is 49.1. The fourth-order valence-electron chi connectivity index (χ4n) is 9.30. The lowest BCUT2D eigenvalue weighted by Crippen LogP contribution is -2.17. The minimum atomic E-state index is -0.238. The van der Waals surface area contributed by atoms with Gasteiger partial charge in [0.1, 0.15) is 0 Å². The summed E-state index contributed by atoms with van der Waals surface area (Å²) >= 11 is 0. The Morgan fingerprint density at radius 1 is 0.623 bits per heavy atom. The smallest absolute Gasteiger partial charge is 0.0708 e. The summed E-state index contributed by atoms with van der Waals surface area (Å²) in [5.74, 6) is 0. The second-order valence-corrected chi connectivity index (χ2v) is 15.3. The van der Waals surface area contributed by atoms with Gasteiger partial charge in [0.2, 0.25) is 0 Å². The van der Waals surface area contributed by atoms with E-state index in [1.54, 1.807) is 0 Å². The first-order valence-electron chi connectivity index (χ1n) is 18.8. The van der Waals surface area contributed by atoms with E-state index in [2.05, 4.69) is 163 Å². The van der Waals surface area contributed by atoms with E-state index in [9.17, 15) is 0 Å². The molecule has 2 aromatic heterocycles. The molecule has 2 aliphatic carbocycles.